The van der Waals surface area contributed by atoms with Gasteiger partial charge in [0.05, 0.1) is 11.4 Å². The SMILES string of the molecule is c1ccc(-c2cc(-c3ccccc3)c3c4ccccc4c4cc(N(c5ccc6c7cccc8cccc(c9cccc5c96)c87)c5ccc6c7cccc8cccc(c9cccc5c96)c87)ccc4c3c2-c2ccccc2)cc1. The van der Waals surface area contributed by atoms with Crippen LogP contribution in [0.2, 0.25) is 0 Å². The number of fused-ring (bicyclic) bond motifs is 10. The van der Waals surface area contributed by atoms with Crippen LogP contribution in [0.3, 0.4) is 0 Å². The Balaban J connectivity index is 1.03. The van der Waals surface area contributed by atoms with E-state index in [-0.39, 0.29) is 0 Å². The van der Waals surface area contributed by atoms with Gasteiger partial charge >= 0.3 is 0 Å². The first-order valence-corrected chi connectivity index (χ1v) is 26.8. The minimum Gasteiger partial charge on any atom is -0.309 e. The molecular formula is C76H45N. The summed E-state index contributed by atoms with van der Waals surface area (Å²) in [6.45, 7) is 0. The number of benzene rings is 17. The van der Waals surface area contributed by atoms with Gasteiger partial charge in [0.15, 0.2) is 0 Å². The molecule has 0 aromatic heterocycles. The molecule has 0 aliphatic rings. The van der Waals surface area contributed by atoms with Crippen molar-refractivity contribution in [2.75, 3.05) is 4.90 Å². The molecule has 0 spiro atoms. The van der Waals surface area contributed by atoms with E-state index in [2.05, 4.69) is 278 Å². The molecule has 0 N–H and O–H groups in total. The molecule has 0 saturated carbocycles. The molecule has 17 aromatic rings. The molecular weight excluding hydrogens is 927 g/mol. The van der Waals surface area contributed by atoms with E-state index in [0.29, 0.717) is 0 Å². The third-order valence-electron chi connectivity index (χ3n) is 17.1. The molecule has 0 saturated heterocycles. The minimum absolute atomic E-state index is 1.10. The summed E-state index contributed by atoms with van der Waals surface area (Å²) in [5, 5.41) is 27.9. The highest BCUT2D eigenvalue weighted by Crippen LogP contribution is 2.53. The summed E-state index contributed by atoms with van der Waals surface area (Å²) < 4.78 is 0. The van der Waals surface area contributed by atoms with Gasteiger partial charge in [0.2, 0.25) is 0 Å². The van der Waals surface area contributed by atoms with E-state index in [4.69, 9.17) is 0 Å². The number of nitrogens with zero attached hydrogens (tertiary/aromatic N) is 1. The van der Waals surface area contributed by atoms with Crippen molar-refractivity contribution in [3.05, 3.63) is 273 Å². The van der Waals surface area contributed by atoms with Crippen molar-refractivity contribution in [1.82, 2.24) is 0 Å². The van der Waals surface area contributed by atoms with Crippen molar-refractivity contribution < 1.29 is 0 Å². The second-order valence-corrected chi connectivity index (χ2v) is 20.9. The van der Waals surface area contributed by atoms with Crippen molar-refractivity contribution in [3.63, 3.8) is 0 Å². The van der Waals surface area contributed by atoms with Crippen LogP contribution in [0.1, 0.15) is 0 Å². The molecule has 77 heavy (non-hydrogen) atoms. The average molecular weight is 972 g/mol. The van der Waals surface area contributed by atoms with E-state index in [1.54, 1.807) is 0 Å². The number of hydrogen-bond donors (Lipinski definition) is 0. The van der Waals surface area contributed by atoms with Crippen LogP contribution in [-0.4, -0.2) is 0 Å². The normalized spacial score (nSPS) is 12.2. The Morgan fingerprint density at radius 2 is 0.558 bits per heavy atom. The second-order valence-electron chi connectivity index (χ2n) is 20.9. The summed E-state index contributed by atoms with van der Waals surface area (Å²) in [5.41, 5.74) is 10.7. The van der Waals surface area contributed by atoms with Crippen LogP contribution in [0.15, 0.2) is 273 Å². The molecule has 354 valence electrons. The smallest absolute Gasteiger partial charge is 0.0540 e. The Kier molecular flexibility index (Phi) is 8.90. The molecule has 0 radical (unpaired) electrons. The van der Waals surface area contributed by atoms with Crippen LogP contribution in [0, 0.1) is 0 Å². The zero-order valence-corrected chi connectivity index (χ0v) is 41.9. The zero-order chi connectivity index (χ0) is 50.3. The molecule has 0 atom stereocenters. The van der Waals surface area contributed by atoms with Gasteiger partial charge in [-0.25, -0.2) is 0 Å². The Hall–Kier alpha value is -10.1. The van der Waals surface area contributed by atoms with Gasteiger partial charge in [0.25, 0.3) is 0 Å². The summed E-state index contributed by atoms with van der Waals surface area (Å²) in [4.78, 5) is 2.58. The van der Waals surface area contributed by atoms with E-state index >= 15 is 0 Å². The zero-order valence-electron chi connectivity index (χ0n) is 41.9. The maximum Gasteiger partial charge on any atom is 0.0540 e. The molecule has 0 unspecified atom stereocenters. The van der Waals surface area contributed by atoms with Crippen molar-refractivity contribution in [2.24, 2.45) is 0 Å². The lowest BCUT2D eigenvalue weighted by Gasteiger charge is -2.30. The standard InChI is InChI=1S/C76H45N/c1-4-18-46(19-5-1)65-45-66(47-20-6-2-7-21-47)75-53-29-11-10-28-52(53)67-44-51(38-39-62(67)76(75)72(65)50-22-8-3-9-23-50)77(68-42-40-60-56-32-14-26-48-24-12-30-54(70(48)56)58-34-16-36-63(68)73(58)60)69-43-41-61-57-33-15-27-49-25-13-31-55(71(49)57)59-35-17-37-64(69)74(59)61/h1-45H. The van der Waals surface area contributed by atoms with E-state index in [0.717, 1.165) is 17.1 Å². The second kappa shape index (κ2) is 16.2. The van der Waals surface area contributed by atoms with Gasteiger partial charge in [-0.05, 0) is 171 Å². The van der Waals surface area contributed by atoms with Gasteiger partial charge in [-0.15, -0.1) is 0 Å². The fourth-order valence-electron chi connectivity index (χ4n) is 13.9. The van der Waals surface area contributed by atoms with Gasteiger partial charge in [0, 0.05) is 16.5 Å². The van der Waals surface area contributed by atoms with E-state index < -0.39 is 0 Å². The van der Waals surface area contributed by atoms with Crippen LogP contribution < -0.4 is 4.90 Å². The van der Waals surface area contributed by atoms with Crippen LogP contribution in [0.25, 0.3) is 152 Å². The van der Waals surface area contributed by atoms with Gasteiger partial charge in [-0.2, -0.15) is 0 Å². The fourth-order valence-corrected chi connectivity index (χ4v) is 13.9. The molecule has 0 aliphatic carbocycles. The Morgan fingerprint density at radius 3 is 1.08 bits per heavy atom. The first kappa shape index (κ1) is 42.3. The predicted octanol–water partition coefficient (Wildman–Crippen LogP) is 21.7. The summed E-state index contributed by atoms with van der Waals surface area (Å²) in [6, 6.07) is 103. The molecule has 0 fully saturated rings. The molecule has 0 amide bonds. The highest BCUT2D eigenvalue weighted by atomic mass is 15.1. The Bertz CT molecular complexity index is 4960. The van der Waals surface area contributed by atoms with Crippen LogP contribution in [0.4, 0.5) is 17.1 Å². The van der Waals surface area contributed by atoms with Gasteiger partial charge < -0.3 is 4.90 Å². The third kappa shape index (κ3) is 6.00. The molecule has 0 heterocycles. The Labute approximate surface area is 444 Å². The summed E-state index contributed by atoms with van der Waals surface area (Å²) in [5.74, 6) is 0. The largest absolute Gasteiger partial charge is 0.309 e. The average Bonchev–Trinajstić information content (AvgIpc) is 3.63. The van der Waals surface area contributed by atoms with Gasteiger partial charge in [-0.3, -0.25) is 0 Å². The molecule has 1 heteroatoms. The van der Waals surface area contributed by atoms with Crippen molar-refractivity contribution in [2.45, 2.75) is 0 Å². The summed E-state index contributed by atoms with van der Waals surface area (Å²) in [6.07, 6.45) is 0. The third-order valence-corrected chi connectivity index (χ3v) is 17.1. The highest BCUT2D eigenvalue weighted by Gasteiger charge is 2.26. The quantitative estimate of drug-likeness (QED) is 0.119. The predicted molar refractivity (Wildman–Crippen MR) is 332 cm³/mol. The van der Waals surface area contributed by atoms with E-state index in [1.165, 1.54) is 152 Å². The first-order chi connectivity index (χ1) is 38.2. The van der Waals surface area contributed by atoms with E-state index in [1.807, 2.05) is 0 Å². The minimum atomic E-state index is 1.10. The highest BCUT2D eigenvalue weighted by molar-refractivity contribution is 6.37. The van der Waals surface area contributed by atoms with Crippen molar-refractivity contribution >= 4 is 136 Å². The van der Waals surface area contributed by atoms with Crippen LogP contribution >= 0.6 is 0 Å². The molecule has 0 bridgehead atoms. The topological polar surface area (TPSA) is 3.24 Å². The number of rotatable bonds is 6. The molecule has 17 rings (SSSR count). The van der Waals surface area contributed by atoms with Crippen LogP contribution in [0.5, 0.6) is 0 Å². The van der Waals surface area contributed by atoms with E-state index in [9.17, 15) is 0 Å². The maximum absolute atomic E-state index is 2.58. The fraction of sp³-hybridized carbons (Fsp3) is 0. The molecule has 0 aliphatic heterocycles. The summed E-state index contributed by atoms with van der Waals surface area (Å²) in [7, 11) is 0. The van der Waals surface area contributed by atoms with Crippen molar-refractivity contribution in [3.8, 4) is 33.4 Å². The molecule has 17 aromatic carbocycles. The number of anilines is 3. The molecule has 1 nitrogen and oxygen atoms in total. The maximum atomic E-state index is 2.58. The first-order valence-electron chi connectivity index (χ1n) is 26.8. The van der Waals surface area contributed by atoms with Crippen molar-refractivity contribution in [1.29, 1.82) is 0 Å². The Morgan fingerprint density at radius 1 is 0.195 bits per heavy atom. The lowest BCUT2D eigenvalue weighted by molar-refractivity contribution is 1.32. The van der Waals surface area contributed by atoms with Crippen LogP contribution in [-0.2, 0) is 0 Å². The number of hydrogen-bond acceptors (Lipinski definition) is 1. The lowest BCUT2D eigenvalue weighted by atomic mass is 9.81. The van der Waals surface area contributed by atoms with Gasteiger partial charge in [-0.1, -0.05) is 243 Å². The monoisotopic (exact) mass is 971 g/mol. The summed E-state index contributed by atoms with van der Waals surface area (Å²) >= 11 is 0. The van der Waals surface area contributed by atoms with Gasteiger partial charge in [0.1, 0.15) is 0 Å². The lowest BCUT2D eigenvalue weighted by Crippen LogP contribution is -2.11.